The number of piperidine rings is 1. The van der Waals surface area contributed by atoms with E-state index >= 15 is 0 Å². The molecule has 1 aliphatic heterocycles. The number of fused-ring (bicyclic) bond motifs is 1. The van der Waals surface area contributed by atoms with Crippen LogP contribution in [0.5, 0.6) is 0 Å². The van der Waals surface area contributed by atoms with E-state index in [1.807, 2.05) is 6.92 Å². The number of halogens is 1. The van der Waals surface area contributed by atoms with Gasteiger partial charge in [0.2, 0.25) is 5.91 Å². The van der Waals surface area contributed by atoms with Crippen LogP contribution in [0.25, 0.3) is 10.9 Å². The van der Waals surface area contributed by atoms with E-state index in [1.54, 1.807) is 4.90 Å². The summed E-state index contributed by atoms with van der Waals surface area (Å²) < 4.78 is 20.1. The van der Waals surface area contributed by atoms with E-state index in [-0.39, 0.29) is 23.9 Å². The molecule has 0 N–H and O–H groups in total. The molecule has 0 unspecified atom stereocenters. The zero-order valence-electron chi connectivity index (χ0n) is 13.6. The van der Waals surface area contributed by atoms with Gasteiger partial charge >= 0.3 is 0 Å². The molecule has 0 spiro atoms. The Morgan fingerprint density at radius 3 is 2.83 bits per heavy atom. The molecule has 0 radical (unpaired) electrons. The summed E-state index contributed by atoms with van der Waals surface area (Å²) in [5, 5.41) is 0.181. The third kappa shape index (κ3) is 3.46. The maximum absolute atomic E-state index is 13.3. The summed E-state index contributed by atoms with van der Waals surface area (Å²) in [7, 11) is 0. The Morgan fingerprint density at radius 1 is 1.38 bits per heavy atom. The third-order valence-electron chi connectivity index (χ3n) is 4.29. The van der Waals surface area contributed by atoms with Crippen LogP contribution in [0.4, 0.5) is 4.39 Å². The fraction of sp³-hybridized carbons (Fsp3) is 0.471. The predicted molar refractivity (Wildman–Crippen MR) is 87.2 cm³/mol. The van der Waals surface area contributed by atoms with Crippen LogP contribution in [0.15, 0.2) is 29.3 Å². The van der Waals surface area contributed by atoms with Gasteiger partial charge in [0, 0.05) is 19.7 Å². The van der Waals surface area contributed by atoms with Crippen LogP contribution in [-0.2, 0) is 16.1 Å². The third-order valence-corrected chi connectivity index (χ3v) is 4.29. The van der Waals surface area contributed by atoms with E-state index in [9.17, 15) is 14.0 Å². The predicted octanol–water partition coefficient (Wildman–Crippen LogP) is 1.56. The molecule has 3 rings (SSSR count). The Kier molecular flexibility index (Phi) is 4.89. The Morgan fingerprint density at radius 2 is 2.12 bits per heavy atom. The van der Waals surface area contributed by atoms with Gasteiger partial charge in [-0.1, -0.05) is 0 Å². The number of nitrogens with zero attached hydrogens (tertiary/aromatic N) is 3. The highest BCUT2D eigenvalue weighted by atomic mass is 19.1. The summed E-state index contributed by atoms with van der Waals surface area (Å²) in [5.74, 6) is -0.631. The number of benzene rings is 1. The minimum atomic E-state index is -0.497. The lowest BCUT2D eigenvalue weighted by atomic mass is 10.1. The molecule has 7 heteroatoms. The second-order valence-corrected chi connectivity index (χ2v) is 5.87. The summed E-state index contributed by atoms with van der Waals surface area (Å²) in [5.41, 5.74) is 0.0136. The van der Waals surface area contributed by atoms with Crippen LogP contribution >= 0.6 is 0 Å². The van der Waals surface area contributed by atoms with Gasteiger partial charge in [-0.25, -0.2) is 9.37 Å². The van der Waals surface area contributed by atoms with Crippen LogP contribution < -0.4 is 5.56 Å². The number of amides is 1. The lowest BCUT2D eigenvalue weighted by Gasteiger charge is -2.31. The van der Waals surface area contributed by atoms with Crippen molar-refractivity contribution in [2.24, 2.45) is 0 Å². The Balaban J connectivity index is 1.72. The number of carbonyl (C=O) groups excluding carboxylic acids is 1. The molecule has 1 aromatic carbocycles. The molecule has 1 aromatic heterocycles. The fourth-order valence-corrected chi connectivity index (χ4v) is 3.00. The van der Waals surface area contributed by atoms with E-state index < -0.39 is 11.4 Å². The second kappa shape index (κ2) is 7.09. The highest BCUT2D eigenvalue weighted by molar-refractivity contribution is 5.79. The van der Waals surface area contributed by atoms with E-state index in [1.165, 1.54) is 23.0 Å². The van der Waals surface area contributed by atoms with Gasteiger partial charge in [-0.2, -0.15) is 0 Å². The van der Waals surface area contributed by atoms with Gasteiger partial charge in [0.15, 0.2) is 0 Å². The number of carbonyl (C=O) groups is 1. The summed E-state index contributed by atoms with van der Waals surface area (Å²) in [6.45, 7) is 3.78. The number of ether oxygens (including phenoxy) is 1. The van der Waals surface area contributed by atoms with Crippen molar-refractivity contribution in [2.75, 3.05) is 19.7 Å². The molecule has 2 aromatic rings. The van der Waals surface area contributed by atoms with E-state index in [0.29, 0.717) is 25.2 Å². The highest BCUT2D eigenvalue weighted by Gasteiger charge is 2.23. The van der Waals surface area contributed by atoms with Crippen LogP contribution in [-0.4, -0.2) is 46.2 Å². The first-order valence-corrected chi connectivity index (χ1v) is 8.12. The molecule has 6 nitrogen and oxygen atoms in total. The average Bonchev–Trinajstić information content (AvgIpc) is 2.59. The van der Waals surface area contributed by atoms with Gasteiger partial charge < -0.3 is 9.64 Å². The van der Waals surface area contributed by atoms with Crippen molar-refractivity contribution in [3.05, 3.63) is 40.7 Å². The first kappa shape index (κ1) is 16.6. The van der Waals surface area contributed by atoms with Gasteiger partial charge in [0.05, 0.1) is 23.3 Å². The summed E-state index contributed by atoms with van der Waals surface area (Å²) >= 11 is 0. The molecule has 0 atom stereocenters. The van der Waals surface area contributed by atoms with Gasteiger partial charge in [-0.15, -0.1) is 0 Å². The summed E-state index contributed by atoms with van der Waals surface area (Å²) in [6.07, 6.45) is 3.14. The van der Waals surface area contributed by atoms with Crippen molar-refractivity contribution in [3.63, 3.8) is 0 Å². The SMILES string of the molecule is CCOC1CCN(C(=O)Cn2cnc3ccc(F)cc3c2=O)CC1. The molecule has 0 bridgehead atoms. The minimum Gasteiger partial charge on any atom is -0.378 e. The van der Waals surface area contributed by atoms with Crippen molar-refractivity contribution in [1.82, 2.24) is 14.5 Å². The zero-order valence-corrected chi connectivity index (χ0v) is 13.6. The van der Waals surface area contributed by atoms with Crippen molar-refractivity contribution >= 4 is 16.8 Å². The second-order valence-electron chi connectivity index (χ2n) is 5.87. The van der Waals surface area contributed by atoms with E-state index in [4.69, 9.17) is 4.74 Å². The summed E-state index contributed by atoms with van der Waals surface area (Å²) in [6, 6.07) is 3.86. The first-order chi connectivity index (χ1) is 11.6. The number of likely N-dealkylation sites (tertiary alicyclic amines) is 1. The topological polar surface area (TPSA) is 64.4 Å². The Labute approximate surface area is 138 Å². The standard InChI is InChI=1S/C17H20FN3O3/c1-2-24-13-5-7-20(8-6-13)16(22)10-21-11-19-15-4-3-12(18)9-14(15)17(21)23/h3-4,9,11,13H,2,5-8,10H2,1H3. The van der Waals surface area contributed by atoms with Crippen molar-refractivity contribution in [1.29, 1.82) is 0 Å². The van der Waals surface area contributed by atoms with Gasteiger partial charge in [-0.05, 0) is 38.0 Å². The molecule has 128 valence electrons. The van der Waals surface area contributed by atoms with Crippen molar-refractivity contribution < 1.29 is 13.9 Å². The molecule has 1 saturated heterocycles. The summed E-state index contributed by atoms with van der Waals surface area (Å²) in [4.78, 5) is 30.7. The molecule has 1 amide bonds. The number of hydrogen-bond donors (Lipinski definition) is 0. The maximum Gasteiger partial charge on any atom is 0.261 e. The number of hydrogen-bond acceptors (Lipinski definition) is 4. The lowest BCUT2D eigenvalue weighted by molar-refractivity contribution is -0.134. The molecular weight excluding hydrogens is 313 g/mol. The molecule has 2 heterocycles. The quantitative estimate of drug-likeness (QED) is 0.852. The molecule has 1 fully saturated rings. The highest BCUT2D eigenvalue weighted by Crippen LogP contribution is 2.14. The monoisotopic (exact) mass is 333 g/mol. The molecular formula is C17H20FN3O3. The number of aromatic nitrogens is 2. The van der Waals surface area contributed by atoms with Crippen LogP contribution in [0.2, 0.25) is 0 Å². The normalized spacial score (nSPS) is 15.8. The lowest BCUT2D eigenvalue weighted by Crippen LogP contribution is -2.43. The number of rotatable bonds is 4. The minimum absolute atomic E-state index is 0.0857. The molecule has 24 heavy (non-hydrogen) atoms. The van der Waals surface area contributed by atoms with Crippen LogP contribution in [0.1, 0.15) is 19.8 Å². The smallest absolute Gasteiger partial charge is 0.261 e. The molecule has 0 saturated carbocycles. The largest absolute Gasteiger partial charge is 0.378 e. The van der Waals surface area contributed by atoms with Crippen LogP contribution in [0, 0.1) is 5.82 Å². The fourth-order valence-electron chi connectivity index (χ4n) is 3.00. The van der Waals surface area contributed by atoms with Gasteiger partial charge in [-0.3, -0.25) is 14.2 Å². The van der Waals surface area contributed by atoms with Crippen LogP contribution in [0.3, 0.4) is 0 Å². The molecule has 1 aliphatic rings. The molecule has 0 aliphatic carbocycles. The van der Waals surface area contributed by atoms with Gasteiger partial charge in [0.25, 0.3) is 5.56 Å². The first-order valence-electron chi connectivity index (χ1n) is 8.12. The van der Waals surface area contributed by atoms with E-state index in [2.05, 4.69) is 4.98 Å². The van der Waals surface area contributed by atoms with Crippen molar-refractivity contribution in [2.45, 2.75) is 32.4 Å². The average molecular weight is 333 g/mol. The Hall–Kier alpha value is -2.28. The Bertz CT molecular complexity index is 797. The van der Waals surface area contributed by atoms with Crippen molar-refractivity contribution in [3.8, 4) is 0 Å². The van der Waals surface area contributed by atoms with Gasteiger partial charge in [0.1, 0.15) is 12.4 Å². The van der Waals surface area contributed by atoms with E-state index in [0.717, 1.165) is 18.9 Å². The zero-order chi connectivity index (χ0) is 17.1. The maximum atomic E-state index is 13.3.